The molecule has 6 heteroatoms. The van der Waals surface area contributed by atoms with Crippen LogP contribution in [0.2, 0.25) is 0 Å². The van der Waals surface area contributed by atoms with Crippen molar-refractivity contribution in [2.45, 2.75) is 19.0 Å². The van der Waals surface area contributed by atoms with Crippen LogP contribution in [-0.2, 0) is 12.6 Å². The Kier molecular flexibility index (Phi) is 4.91. The Morgan fingerprint density at radius 3 is 2.50 bits per heavy atom. The molecule has 2 atom stereocenters. The fourth-order valence-corrected chi connectivity index (χ4v) is 4.69. The van der Waals surface area contributed by atoms with Gasteiger partial charge in [-0.3, -0.25) is 4.79 Å². The second-order valence-corrected chi connectivity index (χ2v) is 8.12. The Labute approximate surface area is 162 Å². The molecule has 2 fully saturated rings. The Hall–Kier alpha value is -2.34. The number of carbonyl (C=O) groups is 1. The van der Waals surface area contributed by atoms with E-state index in [-0.39, 0.29) is 11.3 Å². The number of fused-ring (bicyclic) bond motifs is 2. The van der Waals surface area contributed by atoms with E-state index in [1.165, 1.54) is 17.7 Å². The van der Waals surface area contributed by atoms with Gasteiger partial charge in [-0.25, -0.2) is 0 Å². The maximum Gasteiger partial charge on any atom is 0.416 e. The monoisotopic (exact) mass is 388 g/mol. The Balaban J connectivity index is 1.54. The highest BCUT2D eigenvalue weighted by molar-refractivity contribution is 5.94. The van der Waals surface area contributed by atoms with Crippen LogP contribution in [0.25, 0.3) is 0 Å². The Morgan fingerprint density at radius 1 is 1.11 bits per heavy atom. The number of likely N-dealkylation sites (tertiary alicyclic amines) is 1. The first-order chi connectivity index (χ1) is 13.3. The van der Waals surface area contributed by atoms with E-state index in [2.05, 4.69) is 17.4 Å². The van der Waals surface area contributed by atoms with Gasteiger partial charge in [0.05, 0.1) is 5.56 Å². The van der Waals surface area contributed by atoms with Crippen molar-refractivity contribution in [3.8, 4) is 0 Å². The molecule has 0 spiro atoms. The molecule has 2 aliphatic heterocycles. The van der Waals surface area contributed by atoms with E-state index in [1.54, 1.807) is 0 Å². The first-order valence-corrected chi connectivity index (χ1v) is 9.56. The molecule has 28 heavy (non-hydrogen) atoms. The third kappa shape index (κ3) is 3.92. The summed E-state index contributed by atoms with van der Waals surface area (Å²) in [5.74, 6) is 0.183. The lowest BCUT2D eigenvalue weighted by molar-refractivity contribution is -0.137. The van der Waals surface area contributed by atoms with Gasteiger partial charge in [0.25, 0.3) is 5.91 Å². The normalized spacial score (nSPS) is 24.8. The van der Waals surface area contributed by atoms with E-state index in [0.29, 0.717) is 24.6 Å². The van der Waals surface area contributed by atoms with E-state index in [4.69, 9.17) is 0 Å². The molecule has 148 valence electrons. The number of halogens is 3. The highest BCUT2D eigenvalue weighted by Crippen LogP contribution is 2.39. The number of piperidine rings is 2. The van der Waals surface area contributed by atoms with Gasteiger partial charge in [0.15, 0.2) is 0 Å². The predicted molar refractivity (Wildman–Crippen MR) is 101 cm³/mol. The molecule has 2 saturated heterocycles. The molecule has 4 rings (SSSR count). The van der Waals surface area contributed by atoms with Crippen molar-refractivity contribution in [2.24, 2.45) is 11.3 Å². The third-order valence-corrected chi connectivity index (χ3v) is 5.83. The second kappa shape index (κ2) is 7.24. The molecule has 0 aliphatic carbocycles. The van der Waals surface area contributed by atoms with Crippen LogP contribution in [0.1, 0.15) is 27.9 Å². The first kappa shape index (κ1) is 19.0. The molecule has 0 aromatic heterocycles. The summed E-state index contributed by atoms with van der Waals surface area (Å²) in [4.78, 5) is 14.8. The van der Waals surface area contributed by atoms with Crippen molar-refractivity contribution >= 4 is 5.91 Å². The summed E-state index contributed by atoms with van der Waals surface area (Å²) in [6, 6.07) is 14.8. The minimum Gasteiger partial charge on any atom is -0.338 e. The number of hydrogen-bond donors (Lipinski definition) is 1. The summed E-state index contributed by atoms with van der Waals surface area (Å²) in [6.07, 6.45) is -2.45. The molecule has 2 aliphatic rings. The van der Waals surface area contributed by atoms with Gasteiger partial charge >= 0.3 is 6.18 Å². The van der Waals surface area contributed by atoms with Crippen LogP contribution in [0.3, 0.4) is 0 Å². The zero-order valence-corrected chi connectivity index (χ0v) is 15.5. The lowest BCUT2D eigenvalue weighted by Crippen LogP contribution is -2.59. The molecule has 0 radical (unpaired) electrons. The van der Waals surface area contributed by atoms with Gasteiger partial charge in [0.1, 0.15) is 0 Å². The second-order valence-electron chi connectivity index (χ2n) is 8.12. The van der Waals surface area contributed by atoms with Crippen LogP contribution in [0.5, 0.6) is 0 Å². The molecule has 2 heterocycles. The van der Waals surface area contributed by atoms with Gasteiger partial charge in [-0.05, 0) is 55.1 Å². The predicted octanol–water partition coefficient (Wildman–Crippen LogP) is 4.00. The fourth-order valence-electron chi connectivity index (χ4n) is 4.69. The Bertz CT molecular complexity index is 835. The van der Waals surface area contributed by atoms with Crippen molar-refractivity contribution in [1.82, 2.24) is 10.2 Å². The zero-order valence-electron chi connectivity index (χ0n) is 15.5. The number of nitrogens with one attached hydrogen (secondary N) is 1. The minimum atomic E-state index is -4.39. The van der Waals surface area contributed by atoms with Crippen LogP contribution in [0, 0.1) is 11.3 Å². The molecule has 2 aromatic rings. The van der Waals surface area contributed by atoms with Crippen molar-refractivity contribution in [3.05, 3.63) is 71.3 Å². The number of nitrogens with zero attached hydrogens (tertiary/aromatic N) is 1. The number of carbonyl (C=O) groups excluding carboxylic acids is 1. The van der Waals surface area contributed by atoms with Gasteiger partial charge in [-0.1, -0.05) is 30.3 Å². The topological polar surface area (TPSA) is 32.3 Å². The van der Waals surface area contributed by atoms with Crippen LogP contribution in [0.4, 0.5) is 13.2 Å². The number of alkyl halides is 3. The molecule has 0 saturated carbocycles. The molecular formula is C22H23F3N2O. The van der Waals surface area contributed by atoms with Gasteiger partial charge < -0.3 is 10.2 Å². The molecule has 2 aromatic carbocycles. The van der Waals surface area contributed by atoms with E-state index in [9.17, 15) is 18.0 Å². The lowest BCUT2D eigenvalue weighted by atomic mass is 9.69. The minimum absolute atomic E-state index is 0.0376. The van der Waals surface area contributed by atoms with E-state index in [0.717, 1.165) is 38.1 Å². The molecule has 2 unspecified atom stereocenters. The average Bonchev–Trinajstić information content (AvgIpc) is 2.67. The molecule has 1 N–H and O–H groups in total. The van der Waals surface area contributed by atoms with Crippen LogP contribution < -0.4 is 5.32 Å². The largest absolute Gasteiger partial charge is 0.416 e. The number of amides is 1. The standard InChI is InChI=1S/C22H23F3N2O/c23-22(24,25)19-8-6-18(7-9-19)20(28)27-13-17-11-21(15-27,14-26-12-17)10-16-4-2-1-3-5-16/h1-9,17,26H,10-15H2. The molecule has 3 nitrogen and oxygen atoms in total. The van der Waals surface area contributed by atoms with Gasteiger partial charge in [0.2, 0.25) is 0 Å². The van der Waals surface area contributed by atoms with Crippen LogP contribution >= 0.6 is 0 Å². The summed E-state index contributed by atoms with van der Waals surface area (Å²) >= 11 is 0. The fraction of sp³-hybridized carbons (Fsp3) is 0.409. The SMILES string of the molecule is O=C(c1ccc(C(F)(F)F)cc1)N1CC2CNCC(Cc3ccccc3)(C2)C1. The van der Waals surface area contributed by atoms with E-state index < -0.39 is 11.7 Å². The van der Waals surface area contributed by atoms with E-state index in [1.807, 2.05) is 23.1 Å². The smallest absolute Gasteiger partial charge is 0.338 e. The highest BCUT2D eigenvalue weighted by atomic mass is 19.4. The summed E-state index contributed by atoms with van der Waals surface area (Å²) in [6.45, 7) is 2.97. The van der Waals surface area contributed by atoms with Crippen molar-refractivity contribution in [2.75, 3.05) is 26.2 Å². The van der Waals surface area contributed by atoms with Crippen molar-refractivity contribution in [3.63, 3.8) is 0 Å². The van der Waals surface area contributed by atoms with Gasteiger partial charge in [0, 0.05) is 30.6 Å². The lowest BCUT2D eigenvalue weighted by Gasteiger charge is -2.50. The van der Waals surface area contributed by atoms with Gasteiger partial charge in [-0.2, -0.15) is 13.2 Å². The third-order valence-electron chi connectivity index (χ3n) is 5.83. The zero-order chi connectivity index (χ0) is 19.8. The van der Waals surface area contributed by atoms with E-state index >= 15 is 0 Å². The van der Waals surface area contributed by atoms with Crippen molar-refractivity contribution < 1.29 is 18.0 Å². The summed E-state index contributed by atoms with van der Waals surface area (Å²) in [5, 5.41) is 3.51. The van der Waals surface area contributed by atoms with Crippen LogP contribution in [-0.4, -0.2) is 37.0 Å². The molecule has 1 amide bonds. The first-order valence-electron chi connectivity index (χ1n) is 9.56. The number of hydrogen-bond acceptors (Lipinski definition) is 2. The van der Waals surface area contributed by atoms with Crippen LogP contribution in [0.15, 0.2) is 54.6 Å². The maximum atomic E-state index is 13.0. The average molecular weight is 388 g/mol. The quantitative estimate of drug-likeness (QED) is 0.862. The molecular weight excluding hydrogens is 365 g/mol. The highest BCUT2D eigenvalue weighted by Gasteiger charge is 2.44. The summed E-state index contributed by atoms with van der Waals surface area (Å²) in [5.41, 5.74) is 0.790. The molecule has 2 bridgehead atoms. The summed E-state index contributed by atoms with van der Waals surface area (Å²) < 4.78 is 38.4. The number of rotatable bonds is 3. The maximum absolute atomic E-state index is 13.0. The van der Waals surface area contributed by atoms with Crippen molar-refractivity contribution in [1.29, 1.82) is 0 Å². The Morgan fingerprint density at radius 2 is 1.82 bits per heavy atom. The van der Waals surface area contributed by atoms with Gasteiger partial charge in [-0.15, -0.1) is 0 Å². The number of benzene rings is 2. The summed E-state index contributed by atoms with van der Waals surface area (Å²) in [7, 11) is 0.